The predicted octanol–water partition coefficient (Wildman–Crippen LogP) is 6.06. The molecule has 2 aromatic heterocycles. The Bertz CT molecular complexity index is 1440. The van der Waals surface area contributed by atoms with Crippen molar-refractivity contribution in [3.63, 3.8) is 0 Å². The van der Waals surface area contributed by atoms with Gasteiger partial charge in [-0.2, -0.15) is 8.75 Å². The highest BCUT2D eigenvalue weighted by Gasteiger charge is 2.19. The quantitative estimate of drug-likeness (QED) is 0.235. The number of hydrogen-bond donors (Lipinski definition) is 0. The van der Waals surface area contributed by atoms with Crippen molar-refractivity contribution in [2.24, 2.45) is 0 Å². The van der Waals surface area contributed by atoms with Crippen LogP contribution in [0.15, 0.2) is 48.5 Å². The highest BCUT2D eigenvalue weighted by atomic mass is 35.5. The van der Waals surface area contributed by atoms with E-state index in [4.69, 9.17) is 21.6 Å². The van der Waals surface area contributed by atoms with Crippen molar-refractivity contribution in [2.45, 2.75) is 6.92 Å². The van der Waals surface area contributed by atoms with Crippen molar-refractivity contribution in [3.8, 4) is 0 Å². The van der Waals surface area contributed by atoms with Crippen LogP contribution in [0.4, 0.5) is 0 Å². The summed E-state index contributed by atoms with van der Waals surface area (Å²) >= 11 is 7.82. The fraction of sp³-hybridized carbons (Fsp3) is 0.0476. The molecule has 0 saturated carbocycles. The normalized spacial score (nSPS) is 12.1. The molecule has 0 atom stereocenters. The Morgan fingerprint density at radius 2 is 1.15 bits per heavy atom. The molecule has 128 valence electrons. The SMILES string of the molecule is Cc1c2nsnc2c(Cl)c2nc3c4ccccc4c4ccccc4c3nc12. The van der Waals surface area contributed by atoms with Crippen molar-refractivity contribution in [1.82, 2.24) is 18.7 Å². The summed E-state index contributed by atoms with van der Waals surface area (Å²) in [4.78, 5) is 10.0. The topological polar surface area (TPSA) is 51.6 Å². The smallest absolute Gasteiger partial charge is 0.126 e. The second-order valence-electron chi connectivity index (χ2n) is 6.61. The molecule has 0 amide bonds. The average Bonchev–Trinajstić information content (AvgIpc) is 3.22. The molecule has 0 unspecified atom stereocenters. The van der Waals surface area contributed by atoms with Crippen molar-refractivity contribution in [1.29, 1.82) is 0 Å². The van der Waals surface area contributed by atoms with Crippen molar-refractivity contribution < 1.29 is 0 Å². The minimum atomic E-state index is 0.519. The molecule has 0 N–H and O–H groups in total. The highest BCUT2D eigenvalue weighted by Crippen LogP contribution is 2.38. The van der Waals surface area contributed by atoms with Crippen LogP contribution in [0.3, 0.4) is 0 Å². The van der Waals surface area contributed by atoms with Crippen LogP contribution in [0.1, 0.15) is 5.56 Å². The molecule has 0 aliphatic heterocycles. The van der Waals surface area contributed by atoms with Gasteiger partial charge in [0.2, 0.25) is 0 Å². The molecule has 0 fully saturated rings. The van der Waals surface area contributed by atoms with Gasteiger partial charge in [0.25, 0.3) is 0 Å². The Kier molecular flexibility index (Phi) is 2.99. The number of aromatic nitrogens is 4. The van der Waals surface area contributed by atoms with E-state index >= 15 is 0 Å². The van der Waals surface area contributed by atoms with Gasteiger partial charge in [-0.15, -0.1) is 0 Å². The summed E-state index contributed by atoms with van der Waals surface area (Å²) in [6.07, 6.45) is 0. The van der Waals surface area contributed by atoms with Gasteiger partial charge in [-0.05, 0) is 17.7 Å². The van der Waals surface area contributed by atoms with E-state index in [0.29, 0.717) is 16.1 Å². The van der Waals surface area contributed by atoms with E-state index in [9.17, 15) is 0 Å². The zero-order chi connectivity index (χ0) is 18.1. The molecule has 6 heteroatoms. The summed E-state index contributed by atoms with van der Waals surface area (Å²) in [6.45, 7) is 2.01. The maximum Gasteiger partial charge on any atom is 0.126 e. The first-order valence-corrected chi connectivity index (χ1v) is 9.66. The maximum absolute atomic E-state index is 6.66. The van der Waals surface area contributed by atoms with Gasteiger partial charge in [-0.25, -0.2) is 9.97 Å². The van der Waals surface area contributed by atoms with Crippen LogP contribution >= 0.6 is 23.3 Å². The Labute approximate surface area is 162 Å². The number of hydrogen-bond acceptors (Lipinski definition) is 5. The molecular formula is C21H11ClN4S. The molecule has 0 aliphatic carbocycles. The molecule has 0 radical (unpaired) electrons. The fourth-order valence-corrected chi connectivity index (χ4v) is 4.80. The lowest BCUT2D eigenvalue weighted by Gasteiger charge is -2.11. The summed E-state index contributed by atoms with van der Waals surface area (Å²) in [5, 5.41) is 5.03. The zero-order valence-electron chi connectivity index (χ0n) is 14.2. The van der Waals surface area contributed by atoms with Crippen LogP contribution < -0.4 is 0 Å². The largest absolute Gasteiger partial charge is 0.243 e. The Morgan fingerprint density at radius 1 is 0.630 bits per heavy atom. The lowest BCUT2D eigenvalue weighted by Crippen LogP contribution is -1.95. The summed E-state index contributed by atoms with van der Waals surface area (Å²) in [7, 11) is 0. The first kappa shape index (κ1) is 15.2. The van der Waals surface area contributed by atoms with Crippen molar-refractivity contribution in [2.75, 3.05) is 0 Å². The molecule has 6 rings (SSSR count). The van der Waals surface area contributed by atoms with Gasteiger partial charge >= 0.3 is 0 Å². The van der Waals surface area contributed by atoms with Crippen LogP contribution in [-0.4, -0.2) is 18.7 Å². The molecule has 0 aliphatic rings. The van der Waals surface area contributed by atoms with E-state index in [1.54, 1.807) is 0 Å². The molecule has 4 aromatic carbocycles. The molecule has 4 nitrogen and oxygen atoms in total. The molecule has 0 spiro atoms. The summed E-state index contributed by atoms with van der Waals surface area (Å²) in [6, 6.07) is 16.6. The third-order valence-electron chi connectivity index (χ3n) is 5.17. The summed E-state index contributed by atoms with van der Waals surface area (Å²) in [5.41, 5.74) is 5.68. The second kappa shape index (κ2) is 5.31. The lowest BCUT2D eigenvalue weighted by atomic mass is 9.99. The number of benzene rings is 4. The van der Waals surface area contributed by atoms with E-state index < -0.39 is 0 Å². The predicted molar refractivity (Wildman–Crippen MR) is 113 cm³/mol. The van der Waals surface area contributed by atoms with E-state index in [0.717, 1.165) is 50.1 Å². The molecule has 0 bridgehead atoms. The lowest BCUT2D eigenvalue weighted by molar-refractivity contribution is 1.38. The molecular weight excluding hydrogens is 376 g/mol. The Balaban J connectivity index is 1.97. The van der Waals surface area contributed by atoms with Crippen molar-refractivity contribution >= 4 is 78.0 Å². The minimum Gasteiger partial charge on any atom is -0.243 e. The number of nitrogens with zero attached hydrogens (tertiary/aromatic N) is 4. The van der Waals surface area contributed by atoms with Gasteiger partial charge in [-0.1, -0.05) is 60.1 Å². The fourth-order valence-electron chi connectivity index (χ4n) is 3.88. The molecule has 27 heavy (non-hydrogen) atoms. The summed E-state index contributed by atoms with van der Waals surface area (Å²) in [5.74, 6) is 0. The second-order valence-corrected chi connectivity index (χ2v) is 7.52. The average molecular weight is 387 g/mol. The van der Waals surface area contributed by atoms with E-state index in [2.05, 4.69) is 45.1 Å². The van der Waals surface area contributed by atoms with Crippen molar-refractivity contribution in [3.05, 3.63) is 59.1 Å². The minimum absolute atomic E-state index is 0.519. The zero-order valence-corrected chi connectivity index (χ0v) is 15.8. The first-order chi connectivity index (χ1) is 13.2. The number of rotatable bonds is 0. The van der Waals surface area contributed by atoms with E-state index in [1.165, 1.54) is 10.8 Å². The van der Waals surface area contributed by atoms with Gasteiger partial charge in [0.15, 0.2) is 0 Å². The molecule has 2 heterocycles. The van der Waals surface area contributed by atoms with Crippen LogP contribution in [0.25, 0.3) is 54.6 Å². The maximum atomic E-state index is 6.66. The van der Waals surface area contributed by atoms with Crippen LogP contribution in [0.5, 0.6) is 0 Å². The van der Waals surface area contributed by atoms with Gasteiger partial charge in [0.05, 0.1) is 33.3 Å². The molecule has 0 saturated heterocycles. The van der Waals surface area contributed by atoms with Crippen LogP contribution in [0.2, 0.25) is 5.02 Å². The van der Waals surface area contributed by atoms with Gasteiger partial charge in [0.1, 0.15) is 16.6 Å². The Morgan fingerprint density at radius 3 is 1.78 bits per heavy atom. The first-order valence-electron chi connectivity index (χ1n) is 8.55. The van der Waals surface area contributed by atoms with E-state index in [-0.39, 0.29) is 0 Å². The Hall–Kier alpha value is -2.89. The third kappa shape index (κ3) is 1.93. The standard InChI is InChI=1S/C21H11ClN4S/c1-10-16-20(15(22)21-17(10)25-27-26-21)24-19-14-9-5-3-7-12(14)11-6-2-4-8-13(11)18(19)23-16/h2-9H,1H3. The van der Waals surface area contributed by atoms with Gasteiger partial charge in [0, 0.05) is 16.3 Å². The van der Waals surface area contributed by atoms with Crippen LogP contribution in [-0.2, 0) is 0 Å². The highest BCUT2D eigenvalue weighted by molar-refractivity contribution is 7.00. The number of aryl methyl sites for hydroxylation is 1. The number of halogens is 1. The van der Waals surface area contributed by atoms with Crippen LogP contribution in [0, 0.1) is 6.92 Å². The van der Waals surface area contributed by atoms with E-state index in [1.807, 2.05) is 19.1 Å². The third-order valence-corrected chi connectivity index (χ3v) is 6.05. The monoisotopic (exact) mass is 386 g/mol. The molecule has 6 aromatic rings. The number of fused-ring (bicyclic) bond motifs is 8. The van der Waals surface area contributed by atoms with Gasteiger partial charge in [-0.3, -0.25) is 0 Å². The summed E-state index contributed by atoms with van der Waals surface area (Å²) < 4.78 is 8.75. The van der Waals surface area contributed by atoms with Gasteiger partial charge < -0.3 is 0 Å².